The predicted molar refractivity (Wildman–Crippen MR) is 92.0 cm³/mol. The van der Waals surface area contributed by atoms with Crippen molar-refractivity contribution in [3.05, 3.63) is 63.7 Å². The van der Waals surface area contributed by atoms with E-state index in [2.05, 4.69) is 11.0 Å². The number of para-hydroxylation sites is 1. The Balaban J connectivity index is 1.66. The van der Waals surface area contributed by atoms with Crippen LogP contribution in [-0.2, 0) is 0 Å². The van der Waals surface area contributed by atoms with Crippen LogP contribution in [-0.4, -0.2) is 16.5 Å². The molecule has 0 spiro atoms. The summed E-state index contributed by atoms with van der Waals surface area (Å²) in [6.45, 7) is 0.957. The SMILES string of the molecule is O=[N+]([O-])c1ccc(N2CCC[C@H]2c2nc3ccccc3s2)cc1. The Morgan fingerprint density at radius 2 is 1.96 bits per heavy atom. The second-order valence-electron chi connectivity index (χ2n) is 5.64. The number of nitro groups is 1. The zero-order valence-corrected chi connectivity index (χ0v) is 13.2. The minimum atomic E-state index is -0.362. The number of hydrogen-bond donors (Lipinski definition) is 0. The van der Waals surface area contributed by atoms with Gasteiger partial charge >= 0.3 is 0 Å². The number of thiazole rings is 1. The van der Waals surface area contributed by atoms with Gasteiger partial charge in [0.1, 0.15) is 5.01 Å². The molecule has 1 fully saturated rings. The summed E-state index contributed by atoms with van der Waals surface area (Å²) >= 11 is 1.74. The molecule has 6 heteroatoms. The van der Waals surface area contributed by atoms with Gasteiger partial charge in [0.2, 0.25) is 0 Å². The molecule has 0 bridgehead atoms. The molecule has 5 nitrogen and oxygen atoms in total. The lowest BCUT2D eigenvalue weighted by Gasteiger charge is -2.25. The Hall–Kier alpha value is -2.47. The average molecular weight is 325 g/mol. The van der Waals surface area contributed by atoms with E-state index in [4.69, 9.17) is 4.98 Å². The van der Waals surface area contributed by atoms with E-state index in [1.54, 1.807) is 23.5 Å². The zero-order chi connectivity index (χ0) is 15.8. The number of benzene rings is 2. The summed E-state index contributed by atoms with van der Waals surface area (Å²) in [5.74, 6) is 0. The number of hydrogen-bond acceptors (Lipinski definition) is 5. The Kier molecular flexibility index (Phi) is 3.46. The molecule has 0 amide bonds. The highest BCUT2D eigenvalue weighted by Crippen LogP contribution is 2.39. The van der Waals surface area contributed by atoms with Gasteiger partial charge in [-0.25, -0.2) is 4.98 Å². The largest absolute Gasteiger partial charge is 0.362 e. The maximum Gasteiger partial charge on any atom is 0.269 e. The van der Waals surface area contributed by atoms with Crippen LogP contribution >= 0.6 is 11.3 Å². The number of fused-ring (bicyclic) bond motifs is 1. The lowest BCUT2D eigenvalue weighted by atomic mass is 10.2. The van der Waals surface area contributed by atoms with Crippen molar-refractivity contribution in [2.24, 2.45) is 0 Å². The van der Waals surface area contributed by atoms with Crippen molar-refractivity contribution in [1.82, 2.24) is 4.98 Å². The van der Waals surface area contributed by atoms with Gasteiger partial charge in [-0.3, -0.25) is 10.1 Å². The van der Waals surface area contributed by atoms with Gasteiger partial charge in [-0.1, -0.05) is 12.1 Å². The Morgan fingerprint density at radius 3 is 2.70 bits per heavy atom. The lowest BCUT2D eigenvalue weighted by molar-refractivity contribution is -0.384. The summed E-state index contributed by atoms with van der Waals surface area (Å²) < 4.78 is 1.21. The Labute approximate surface area is 137 Å². The minimum Gasteiger partial charge on any atom is -0.362 e. The van der Waals surface area contributed by atoms with Gasteiger partial charge < -0.3 is 4.90 Å². The average Bonchev–Trinajstić information content (AvgIpc) is 3.21. The van der Waals surface area contributed by atoms with E-state index in [-0.39, 0.29) is 16.7 Å². The summed E-state index contributed by atoms with van der Waals surface area (Å²) in [4.78, 5) is 17.5. The molecule has 0 aliphatic carbocycles. The quantitative estimate of drug-likeness (QED) is 0.524. The summed E-state index contributed by atoms with van der Waals surface area (Å²) in [6.07, 6.45) is 2.17. The third kappa shape index (κ3) is 2.55. The molecule has 0 radical (unpaired) electrons. The molecule has 1 aliphatic heterocycles. The maximum atomic E-state index is 10.8. The van der Waals surface area contributed by atoms with Gasteiger partial charge in [-0.2, -0.15) is 0 Å². The number of nitrogens with zero attached hydrogens (tertiary/aromatic N) is 3. The first kappa shape index (κ1) is 14.1. The normalized spacial score (nSPS) is 17.7. The van der Waals surface area contributed by atoms with Crippen LogP contribution in [0.5, 0.6) is 0 Å². The van der Waals surface area contributed by atoms with Gasteiger partial charge in [0, 0.05) is 24.4 Å². The van der Waals surface area contributed by atoms with Crippen molar-refractivity contribution < 1.29 is 4.92 Å². The van der Waals surface area contributed by atoms with Gasteiger partial charge in [0.25, 0.3) is 5.69 Å². The predicted octanol–water partition coefficient (Wildman–Crippen LogP) is 4.55. The lowest BCUT2D eigenvalue weighted by Crippen LogP contribution is -2.22. The summed E-state index contributed by atoms with van der Waals surface area (Å²) in [6, 6.07) is 15.3. The molecule has 23 heavy (non-hydrogen) atoms. The standard InChI is InChI=1S/C17H15N3O2S/c21-20(22)13-9-7-12(8-10-13)19-11-3-5-15(19)17-18-14-4-1-2-6-16(14)23-17/h1-2,4,6-10,15H,3,5,11H2/t15-/m0/s1. The molecule has 4 rings (SSSR count). The van der Waals surface area contributed by atoms with E-state index in [1.165, 1.54) is 4.70 Å². The minimum absolute atomic E-state index is 0.129. The first-order valence-corrected chi connectivity index (χ1v) is 8.40. The molecule has 0 saturated carbocycles. The number of non-ortho nitro benzene ring substituents is 1. The Bertz CT molecular complexity index is 827. The molecule has 1 aromatic heterocycles. The number of rotatable bonds is 3. The summed E-state index contributed by atoms with van der Waals surface area (Å²) in [5.41, 5.74) is 2.20. The molecule has 2 aromatic carbocycles. The second kappa shape index (κ2) is 5.62. The third-order valence-electron chi connectivity index (χ3n) is 4.24. The monoisotopic (exact) mass is 325 g/mol. The van der Waals surface area contributed by atoms with Crippen LogP contribution in [0.4, 0.5) is 11.4 Å². The van der Waals surface area contributed by atoms with Gasteiger partial charge in [-0.15, -0.1) is 11.3 Å². The van der Waals surface area contributed by atoms with E-state index in [1.807, 2.05) is 30.3 Å². The topological polar surface area (TPSA) is 59.3 Å². The van der Waals surface area contributed by atoms with Crippen molar-refractivity contribution in [1.29, 1.82) is 0 Å². The van der Waals surface area contributed by atoms with Crippen LogP contribution in [0, 0.1) is 10.1 Å². The highest BCUT2D eigenvalue weighted by atomic mass is 32.1. The molecule has 1 saturated heterocycles. The molecule has 116 valence electrons. The number of anilines is 1. The van der Waals surface area contributed by atoms with Crippen molar-refractivity contribution in [2.45, 2.75) is 18.9 Å². The third-order valence-corrected chi connectivity index (χ3v) is 5.38. The highest BCUT2D eigenvalue weighted by Gasteiger charge is 2.29. The molecule has 1 atom stereocenters. The molecule has 0 N–H and O–H groups in total. The highest BCUT2D eigenvalue weighted by molar-refractivity contribution is 7.18. The van der Waals surface area contributed by atoms with Gasteiger partial charge in [0.05, 0.1) is 21.2 Å². The van der Waals surface area contributed by atoms with Crippen molar-refractivity contribution in [3.8, 4) is 0 Å². The van der Waals surface area contributed by atoms with Gasteiger partial charge in [0.15, 0.2) is 0 Å². The van der Waals surface area contributed by atoms with Crippen molar-refractivity contribution in [3.63, 3.8) is 0 Å². The fraction of sp³-hybridized carbons (Fsp3) is 0.235. The van der Waals surface area contributed by atoms with E-state index in [0.29, 0.717) is 0 Å². The number of aromatic nitrogens is 1. The molecular weight excluding hydrogens is 310 g/mol. The van der Waals surface area contributed by atoms with Crippen molar-refractivity contribution >= 4 is 32.9 Å². The maximum absolute atomic E-state index is 10.8. The first-order valence-electron chi connectivity index (χ1n) is 7.59. The van der Waals surface area contributed by atoms with Crippen LogP contribution in [0.2, 0.25) is 0 Å². The van der Waals surface area contributed by atoms with Crippen LogP contribution in [0.15, 0.2) is 48.5 Å². The van der Waals surface area contributed by atoms with Crippen LogP contribution in [0.3, 0.4) is 0 Å². The molecule has 3 aromatic rings. The fourth-order valence-electron chi connectivity index (χ4n) is 3.13. The Morgan fingerprint density at radius 1 is 1.17 bits per heavy atom. The van der Waals surface area contributed by atoms with E-state index >= 15 is 0 Å². The van der Waals surface area contributed by atoms with E-state index < -0.39 is 0 Å². The molecular formula is C17H15N3O2S. The second-order valence-corrected chi connectivity index (χ2v) is 6.71. The first-order chi connectivity index (χ1) is 11.2. The molecule has 2 heterocycles. The smallest absolute Gasteiger partial charge is 0.269 e. The summed E-state index contributed by atoms with van der Waals surface area (Å²) in [7, 11) is 0. The zero-order valence-electron chi connectivity index (χ0n) is 12.4. The number of nitro benzene ring substituents is 1. The van der Waals surface area contributed by atoms with Crippen LogP contribution in [0.1, 0.15) is 23.9 Å². The van der Waals surface area contributed by atoms with Crippen LogP contribution in [0.25, 0.3) is 10.2 Å². The van der Waals surface area contributed by atoms with E-state index in [0.717, 1.165) is 35.6 Å². The molecule has 1 aliphatic rings. The fourth-order valence-corrected chi connectivity index (χ4v) is 4.25. The van der Waals surface area contributed by atoms with Crippen molar-refractivity contribution in [2.75, 3.05) is 11.4 Å². The molecule has 0 unspecified atom stereocenters. The van der Waals surface area contributed by atoms with Crippen LogP contribution < -0.4 is 4.90 Å². The van der Waals surface area contributed by atoms with E-state index in [9.17, 15) is 10.1 Å². The summed E-state index contributed by atoms with van der Waals surface area (Å²) in [5, 5.41) is 11.9. The van der Waals surface area contributed by atoms with Gasteiger partial charge in [-0.05, 0) is 37.1 Å².